The third-order valence-electron chi connectivity index (χ3n) is 3.59. The van der Waals surface area contributed by atoms with Crippen molar-refractivity contribution in [2.45, 2.75) is 48.3 Å². The van der Waals surface area contributed by atoms with Gasteiger partial charge in [-0.1, -0.05) is 37.9 Å². The van der Waals surface area contributed by atoms with Gasteiger partial charge in [0.1, 0.15) is 4.21 Å². The molecule has 3 N–H and O–H groups in total. The van der Waals surface area contributed by atoms with Gasteiger partial charge in [-0.2, -0.15) is 4.72 Å². The van der Waals surface area contributed by atoms with Crippen LogP contribution in [-0.4, -0.2) is 18.9 Å². The average molecular weight is 397 g/mol. The summed E-state index contributed by atoms with van der Waals surface area (Å²) >= 11 is 9.60. The lowest BCUT2D eigenvalue weighted by atomic mass is 9.91. The van der Waals surface area contributed by atoms with Gasteiger partial charge < -0.3 is 5.73 Å². The number of rotatable bonds is 4. The quantitative estimate of drug-likeness (QED) is 0.605. The molecule has 2 rings (SSSR count). The molecule has 1 heterocycles. The fourth-order valence-electron chi connectivity index (χ4n) is 2.51. The molecule has 0 unspecified atom stereocenters. The molecule has 0 spiro atoms. The summed E-state index contributed by atoms with van der Waals surface area (Å²) < 4.78 is 28.7. The second-order valence-electron chi connectivity index (χ2n) is 5.02. The third kappa shape index (κ3) is 3.41. The standard InChI is InChI=1S/C12H17BrN2O2S3/c13-9-5-8-19-10(9)20(16,17)15-12(11(14)18)6-3-1-2-4-7-12/h5,8,15H,1-4,6-7H2,(H2,14,18). The second-order valence-corrected chi connectivity index (χ2v) is 9.11. The monoisotopic (exact) mass is 396 g/mol. The lowest BCUT2D eigenvalue weighted by Crippen LogP contribution is -2.56. The van der Waals surface area contributed by atoms with Crippen molar-refractivity contribution < 1.29 is 8.42 Å². The van der Waals surface area contributed by atoms with Crippen LogP contribution < -0.4 is 10.5 Å². The van der Waals surface area contributed by atoms with Crippen molar-refractivity contribution in [3.8, 4) is 0 Å². The smallest absolute Gasteiger partial charge is 0.252 e. The van der Waals surface area contributed by atoms with Gasteiger partial charge in [0.05, 0.1) is 10.5 Å². The van der Waals surface area contributed by atoms with Crippen LogP contribution in [0.15, 0.2) is 20.1 Å². The largest absolute Gasteiger partial charge is 0.392 e. The molecule has 0 radical (unpaired) electrons. The van der Waals surface area contributed by atoms with E-state index in [0.29, 0.717) is 17.3 Å². The van der Waals surface area contributed by atoms with Gasteiger partial charge >= 0.3 is 0 Å². The number of hydrogen-bond acceptors (Lipinski definition) is 4. The van der Waals surface area contributed by atoms with Crippen LogP contribution in [0.2, 0.25) is 0 Å². The van der Waals surface area contributed by atoms with E-state index in [9.17, 15) is 8.42 Å². The Balaban J connectivity index is 2.33. The SMILES string of the molecule is NC(=S)C1(NS(=O)(=O)c2sccc2Br)CCCCCC1. The molecular formula is C12H17BrN2O2S3. The van der Waals surface area contributed by atoms with Gasteiger partial charge in [-0.05, 0) is 40.2 Å². The predicted molar refractivity (Wildman–Crippen MR) is 89.6 cm³/mol. The summed E-state index contributed by atoms with van der Waals surface area (Å²) in [6, 6.07) is 1.72. The fourth-order valence-corrected chi connectivity index (χ4v) is 6.61. The Kier molecular flexibility index (Phi) is 5.23. The normalized spacial score (nSPS) is 19.4. The van der Waals surface area contributed by atoms with Crippen LogP contribution in [0.3, 0.4) is 0 Å². The number of nitrogens with one attached hydrogen (secondary N) is 1. The molecule has 0 atom stereocenters. The van der Waals surface area contributed by atoms with E-state index in [-0.39, 0.29) is 9.20 Å². The van der Waals surface area contributed by atoms with Crippen molar-refractivity contribution in [1.29, 1.82) is 0 Å². The summed E-state index contributed by atoms with van der Waals surface area (Å²) in [5, 5.41) is 1.74. The van der Waals surface area contributed by atoms with E-state index in [2.05, 4.69) is 20.7 Å². The van der Waals surface area contributed by atoms with Crippen molar-refractivity contribution >= 4 is 54.5 Å². The Morgan fingerprint density at radius 2 is 1.95 bits per heavy atom. The molecular weight excluding hydrogens is 380 g/mol. The maximum Gasteiger partial charge on any atom is 0.252 e. The zero-order valence-corrected chi connectivity index (χ0v) is 14.9. The molecule has 1 aliphatic rings. The number of halogens is 1. The second kappa shape index (κ2) is 6.39. The van der Waals surface area contributed by atoms with E-state index in [1.54, 1.807) is 11.4 Å². The highest BCUT2D eigenvalue weighted by Gasteiger charge is 2.39. The Labute approximate surface area is 137 Å². The van der Waals surface area contributed by atoms with Crippen molar-refractivity contribution in [2.75, 3.05) is 0 Å². The van der Waals surface area contributed by atoms with Gasteiger partial charge in [-0.15, -0.1) is 11.3 Å². The van der Waals surface area contributed by atoms with Gasteiger partial charge in [-0.3, -0.25) is 0 Å². The van der Waals surface area contributed by atoms with E-state index in [1.165, 1.54) is 11.3 Å². The molecule has 1 saturated carbocycles. The van der Waals surface area contributed by atoms with Crippen LogP contribution in [0, 0.1) is 0 Å². The highest BCUT2D eigenvalue weighted by molar-refractivity contribution is 9.10. The molecule has 1 aromatic rings. The lowest BCUT2D eigenvalue weighted by Gasteiger charge is -2.32. The molecule has 20 heavy (non-hydrogen) atoms. The molecule has 1 aromatic heterocycles. The molecule has 0 aliphatic heterocycles. The molecule has 0 amide bonds. The minimum Gasteiger partial charge on any atom is -0.392 e. The summed E-state index contributed by atoms with van der Waals surface area (Å²) in [6.45, 7) is 0. The molecule has 1 fully saturated rings. The third-order valence-corrected chi connectivity index (χ3v) is 8.18. The van der Waals surface area contributed by atoms with Crippen LogP contribution in [0.4, 0.5) is 0 Å². The summed E-state index contributed by atoms with van der Waals surface area (Å²) in [5.74, 6) is 0. The van der Waals surface area contributed by atoms with Crippen LogP contribution >= 0.6 is 39.5 Å². The van der Waals surface area contributed by atoms with Crippen LogP contribution in [-0.2, 0) is 10.0 Å². The lowest BCUT2D eigenvalue weighted by molar-refractivity contribution is 0.441. The van der Waals surface area contributed by atoms with Gasteiger partial charge in [0, 0.05) is 4.47 Å². The fraction of sp³-hybridized carbons (Fsp3) is 0.583. The minimum absolute atomic E-state index is 0.246. The Morgan fingerprint density at radius 3 is 2.40 bits per heavy atom. The van der Waals surface area contributed by atoms with Crippen LogP contribution in [0.1, 0.15) is 38.5 Å². The molecule has 1 aliphatic carbocycles. The first kappa shape index (κ1) is 16.4. The highest BCUT2D eigenvalue weighted by Crippen LogP contribution is 2.32. The summed E-state index contributed by atoms with van der Waals surface area (Å²) in [7, 11) is -3.61. The summed E-state index contributed by atoms with van der Waals surface area (Å²) in [6.07, 6.45) is 5.40. The topological polar surface area (TPSA) is 72.2 Å². The van der Waals surface area contributed by atoms with Gasteiger partial charge in [0.25, 0.3) is 10.0 Å². The first-order valence-corrected chi connectivity index (χ1v) is 10.0. The van der Waals surface area contributed by atoms with Crippen molar-refractivity contribution in [3.05, 3.63) is 15.9 Å². The van der Waals surface area contributed by atoms with E-state index >= 15 is 0 Å². The van der Waals surface area contributed by atoms with E-state index in [4.69, 9.17) is 18.0 Å². The maximum absolute atomic E-state index is 12.6. The van der Waals surface area contributed by atoms with E-state index in [1.807, 2.05) is 0 Å². The van der Waals surface area contributed by atoms with Crippen molar-refractivity contribution in [3.63, 3.8) is 0 Å². The summed E-state index contributed by atoms with van der Waals surface area (Å²) in [5.41, 5.74) is 5.08. The molecule has 0 aromatic carbocycles. The number of nitrogens with two attached hydrogens (primary N) is 1. The Bertz CT molecular complexity index is 590. The van der Waals surface area contributed by atoms with E-state index in [0.717, 1.165) is 25.7 Å². The van der Waals surface area contributed by atoms with Gasteiger partial charge in [0.2, 0.25) is 0 Å². The summed E-state index contributed by atoms with van der Waals surface area (Å²) in [4.78, 5) is 0.246. The maximum atomic E-state index is 12.6. The molecule has 112 valence electrons. The molecule has 0 bridgehead atoms. The molecule has 8 heteroatoms. The number of thiocarbonyl (C=S) groups is 1. The molecule has 0 saturated heterocycles. The number of sulfonamides is 1. The van der Waals surface area contributed by atoms with Crippen LogP contribution in [0.5, 0.6) is 0 Å². The van der Waals surface area contributed by atoms with Gasteiger partial charge in [0.15, 0.2) is 0 Å². The number of thiophene rings is 1. The van der Waals surface area contributed by atoms with Crippen molar-refractivity contribution in [2.24, 2.45) is 5.73 Å². The Hall–Kier alpha value is -0.0200. The van der Waals surface area contributed by atoms with Crippen LogP contribution in [0.25, 0.3) is 0 Å². The first-order chi connectivity index (χ1) is 9.37. The zero-order valence-electron chi connectivity index (χ0n) is 10.9. The number of hydrogen-bond donors (Lipinski definition) is 2. The zero-order chi connectivity index (χ0) is 14.8. The van der Waals surface area contributed by atoms with Gasteiger partial charge in [-0.25, -0.2) is 8.42 Å². The minimum atomic E-state index is -3.61. The molecule has 4 nitrogen and oxygen atoms in total. The first-order valence-electron chi connectivity index (χ1n) is 6.44. The highest BCUT2D eigenvalue weighted by atomic mass is 79.9. The average Bonchev–Trinajstić information content (AvgIpc) is 2.66. The Morgan fingerprint density at radius 1 is 1.35 bits per heavy atom. The van der Waals surface area contributed by atoms with E-state index < -0.39 is 15.6 Å². The predicted octanol–water partition coefficient (Wildman–Crippen LogP) is 3.17. The van der Waals surface area contributed by atoms with Crippen molar-refractivity contribution in [1.82, 2.24) is 4.72 Å².